The first kappa shape index (κ1) is 30.5. The van der Waals surface area contributed by atoms with Crippen molar-refractivity contribution in [2.45, 2.75) is 18.3 Å². The number of hydrogen-bond acceptors (Lipinski definition) is 4. The lowest BCUT2D eigenvalue weighted by molar-refractivity contribution is 0.201. The quantitative estimate of drug-likeness (QED) is 0.146. The van der Waals surface area contributed by atoms with Crippen molar-refractivity contribution >= 4 is 0 Å². The minimum Gasteiger partial charge on any atom is -0.491 e. The maximum absolute atomic E-state index is 9.10. The summed E-state index contributed by atoms with van der Waals surface area (Å²) >= 11 is 0. The lowest BCUT2D eigenvalue weighted by Crippen LogP contribution is -2.29. The molecule has 0 bridgehead atoms. The molecule has 1 aliphatic rings. The minimum absolute atomic E-state index is 0.000107. The molecule has 0 atom stereocenters. The lowest BCUT2D eigenvalue weighted by Gasteiger charge is -2.34. The van der Waals surface area contributed by atoms with Crippen LogP contribution in [0, 0.1) is 0 Å². The second-order valence-electron chi connectivity index (χ2n) is 12.0. The molecule has 0 spiro atoms. The van der Waals surface area contributed by atoms with E-state index in [1.807, 2.05) is 24.3 Å². The van der Waals surface area contributed by atoms with Crippen LogP contribution in [0.5, 0.6) is 11.5 Å². The van der Waals surface area contributed by atoms with E-state index in [2.05, 4.69) is 121 Å². The fourth-order valence-corrected chi connectivity index (χ4v) is 7.06. The van der Waals surface area contributed by atoms with Crippen LogP contribution >= 0.6 is 0 Å². The Labute approximate surface area is 276 Å². The Morgan fingerprint density at radius 1 is 0.426 bits per heavy atom. The highest BCUT2D eigenvalue weighted by Crippen LogP contribution is 2.56. The van der Waals surface area contributed by atoms with E-state index in [9.17, 15) is 0 Å². The standard InChI is InChI=1S/C43H38O4/c44-23-25-46-37-19-15-31(16-20-37)27-33-7-5-9-35(29-33)43(41-13-3-1-11-39(41)40-12-2-4-14-42(40)43)36-10-6-8-34(30-36)28-32-17-21-38(22-18-32)47-26-24-45/h1-22,29-30,44-45H,23-28H2. The zero-order valence-corrected chi connectivity index (χ0v) is 26.3. The van der Waals surface area contributed by atoms with Crippen LogP contribution in [-0.2, 0) is 18.3 Å². The van der Waals surface area contributed by atoms with E-state index in [-0.39, 0.29) is 13.2 Å². The molecule has 0 aromatic heterocycles. The number of ether oxygens (including phenoxy) is 2. The van der Waals surface area contributed by atoms with Crippen LogP contribution < -0.4 is 9.47 Å². The first-order valence-electron chi connectivity index (χ1n) is 16.2. The summed E-state index contributed by atoms with van der Waals surface area (Å²) in [6.07, 6.45) is 1.59. The molecule has 6 aromatic rings. The van der Waals surface area contributed by atoms with E-state index >= 15 is 0 Å². The molecule has 47 heavy (non-hydrogen) atoms. The van der Waals surface area contributed by atoms with Gasteiger partial charge < -0.3 is 19.7 Å². The van der Waals surface area contributed by atoms with Crippen molar-refractivity contribution in [3.63, 3.8) is 0 Å². The number of rotatable bonds is 12. The number of aliphatic hydroxyl groups is 2. The van der Waals surface area contributed by atoms with Gasteiger partial charge in [0.1, 0.15) is 24.7 Å². The molecule has 0 amide bonds. The van der Waals surface area contributed by atoms with Crippen molar-refractivity contribution in [2.75, 3.05) is 26.4 Å². The largest absolute Gasteiger partial charge is 0.491 e. The molecule has 2 N–H and O–H groups in total. The zero-order chi connectivity index (χ0) is 32.1. The summed E-state index contributed by atoms with van der Waals surface area (Å²) in [5.74, 6) is 1.53. The molecule has 0 fully saturated rings. The molecule has 0 unspecified atom stereocenters. The SMILES string of the molecule is OCCOc1ccc(Cc2cccc(C3(c4cccc(Cc5ccc(OCCO)cc5)c4)c4ccccc4-c4ccccc43)c2)cc1. The third-order valence-electron chi connectivity index (χ3n) is 9.06. The fraction of sp³-hybridized carbons (Fsp3) is 0.163. The van der Waals surface area contributed by atoms with Gasteiger partial charge in [0.25, 0.3) is 0 Å². The van der Waals surface area contributed by atoms with Crippen LogP contribution in [0.4, 0.5) is 0 Å². The van der Waals surface area contributed by atoms with E-state index in [1.54, 1.807) is 0 Å². The summed E-state index contributed by atoms with van der Waals surface area (Å²) in [7, 11) is 0. The Bertz CT molecular complexity index is 1820. The van der Waals surface area contributed by atoms with Gasteiger partial charge in [-0.2, -0.15) is 0 Å². The Morgan fingerprint density at radius 3 is 1.28 bits per heavy atom. The molecule has 6 aromatic carbocycles. The van der Waals surface area contributed by atoms with Crippen LogP contribution in [0.25, 0.3) is 11.1 Å². The molecule has 0 heterocycles. The summed E-state index contributed by atoms with van der Waals surface area (Å²) in [6, 6.07) is 52.1. The molecule has 0 radical (unpaired) electrons. The van der Waals surface area contributed by atoms with Crippen molar-refractivity contribution in [3.05, 3.63) is 190 Å². The Morgan fingerprint density at radius 2 is 0.851 bits per heavy atom. The van der Waals surface area contributed by atoms with Gasteiger partial charge in [-0.15, -0.1) is 0 Å². The number of hydrogen-bond donors (Lipinski definition) is 2. The van der Waals surface area contributed by atoms with Gasteiger partial charge in [-0.25, -0.2) is 0 Å². The van der Waals surface area contributed by atoms with E-state index < -0.39 is 5.41 Å². The third-order valence-corrected chi connectivity index (χ3v) is 9.06. The molecular weight excluding hydrogens is 580 g/mol. The Kier molecular flexibility index (Phi) is 8.87. The first-order valence-corrected chi connectivity index (χ1v) is 16.2. The van der Waals surface area contributed by atoms with Gasteiger partial charge in [0.15, 0.2) is 0 Å². The average Bonchev–Trinajstić information content (AvgIpc) is 3.42. The van der Waals surface area contributed by atoms with Crippen LogP contribution in [0.3, 0.4) is 0 Å². The minimum atomic E-state index is -0.483. The normalized spacial score (nSPS) is 12.7. The van der Waals surface area contributed by atoms with Crippen LogP contribution in [0.15, 0.2) is 146 Å². The van der Waals surface area contributed by atoms with Gasteiger partial charge in [0, 0.05) is 0 Å². The molecule has 0 saturated heterocycles. The predicted octanol–water partition coefficient (Wildman–Crippen LogP) is 7.97. The zero-order valence-electron chi connectivity index (χ0n) is 26.3. The van der Waals surface area contributed by atoms with Crippen LogP contribution in [0.2, 0.25) is 0 Å². The number of benzene rings is 6. The first-order chi connectivity index (χ1) is 23.2. The van der Waals surface area contributed by atoms with Crippen molar-refractivity contribution in [1.29, 1.82) is 0 Å². The van der Waals surface area contributed by atoms with E-state index in [4.69, 9.17) is 19.7 Å². The maximum Gasteiger partial charge on any atom is 0.119 e. The molecule has 234 valence electrons. The monoisotopic (exact) mass is 618 g/mol. The lowest BCUT2D eigenvalue weighted by atomic mass is 9.67. The molecule has 4 nitrogen and oxygen atoms in total. The second-order valence-corrected chi connectivity index (χ2v) is 12.0. The van der Waals surface area contributed by atoms with Crippen molar-refractivity contribution in [3.8, 4) is 22.6 Å². The molecule has 7 rings (SSSR count). The summed E-state index contributed by atoms with van der Waals surface area (Å²) in [4.78, 5) is 0. The smallest absolute Gasteiger partial charge is 0.119 e. The Hall–Kier alpha value is -5.16. The predicted molar refractivity (Wildman–Crippen MR) is 187 cm³/mol. The average molecular weight is 619 g/mol. The second kappa shape index (κ2) is 13.7. The van der Waals surface area contributed by atoms with Gasteiger partial charge in [-0.3, -0.25) is 0 Å². The van der Waals surface area contributed by atoms with Gasteiger partial charge in [-0.05, 0) is 92.7 Å². The molecule has 0 saturated carbocycles. The fourth-order valence-electron chi connectivity index (χ4n) is 7.06. The summed E-state index contributed by atoms with van der Waals surface area (Å²) in [5, 5.41) is 18.2. The van der Waals surface area contributed by atoms with Crippen molar-refractivity contribution < 1.29 is 19.7 Å². The van der Waals surface area contributed by atoms with Crippen molar-refractivity contribution in [2.24, 2.45) is 0 Å². The van der Waals surface area contributed by atoms with E-state index in [1.165, 1.54) is 55.6 Å². The highest BCUT2D eigenvalue weighted by atomic mass is 16.5. The van der Waals surface area contributed by atoms with Crippen LogP contribution in [0.1, 0.15) is 44.5 Å². The molecule has 0 aliphatic heterocycles. The number of aliphatic hydroxyl groups excluding tert-OH is 2. The van der Waals surface area contributed by atoms with E-state index in [0.29, 0.717) is 13.2 Å². The van der Waals surface area contributed by atoms with Crippen molar-refractivity contribution in [1.82, 2.24) is 0 Å². The molecule has 1 aliphatic carbocycles. The highest BCUT2D eigenvalue weighted by Gasteiger charge is 2.46. The topological polar surface area (TPSA) is 58.9 Å². The van der Waals surface area contributed by atoms with Gasteiger partial charge >= 0.3 is 0 Å². The Balaban J connectivity index is 1.30. The van der Waals surface area contributed by atoms with E-state index in [0.717, 1.165) is 24.3 Å². The molecule has 4 heteroatoms. The molecular formula is C43H38O4. The van der Waals surface area contributed by atoms with Crippen LogP contribution in [-0.4, -0.2) is 36.6 Å². The number of fused-ring (bicyclic) bond motifs is 3. The van der Waals surface area contributed by atoms with Gasteiger partial charge in [-0.1, -0.05) is 121 Å². The summed E-state index contributed by atoms with van der Waals surface area (Å²) in [6.45, 7) is 0.584. The van der Waals surface area contributed by atoms with Gasteiger partial charge in [0.05, 0.1) is 18.6 Å². The summed E-state index contributed by atoms with van der Waals surface area (Å²) < 4.78 is 11.2. The third kappa shape index (κ3) is 6.06. The maximum atomic E-state index is 9.10. The highest BCUT2D eigenvalue weighted by molar-refractivity contribution is 5.86. The van der Waals surface area contributed by atoms with Gasteiger partial charge in [0.2, 0.25) is 0 Å². The summed E-state index contributed by atoms with van der Waals surface area (Å²) in [5.41, 5.74) is 12.0.